The molecule has 0 aliphatic heterocycles. The average Bonchev–Trinajstić information content (AvgIpc) is 2.54. The highest BCUT2D eigenvalue weighted by molar-refractivity contribution is 5.98. The molecule has 1 aromatic rings. The maximum Gasteiger partial charge on any atom is 0.257 e. The molecule has 0 aliphatic rings. The van der Waals surface area contributed by atoms with Gasteiger partial charge in [-0.1, -0.05) is 6.92 Å². The Hall–Kier alpha value is -1.66. The van der Waals surface area contributed by atoms with E-state index in [9.17, 15) is 13.6 Å². The maximum absolute atomic E-state index is 12.1. The van der Waals surface area contributed by atoms with Crippen molar-refractivity contribution in [2.75, 3.05) is 12.3 Å². The minimum Gasteiger partial charge on any atom is -0.382 e. The summed E-state index contributed by atoms with van der Waals surface area (Å²) in [6.45, 7) is 1.85. The van der Waals surface area contributed by atoms with Crippen LogP contribution in [0.3, 0.4) is 0 Å². The Bertz CT molecular complexity index is 364. The second kappa shape index (κ2) is 5.43. The summed E-state index contributed by atoms with van der Waals surface area (Å²) in [4.78, 5) is 11.5. The van der Waals surface area contributed by atoms with Crippen LogP contribution in [-0.4, -0.2) is 28.7 Å². The number of anilines is 1. The van der Waals surface area contributed by atoms with Gasteiger partial charge in [-0.3, -0.25) is 9.48 Å². The van der Waals surface area contributed by atoms with Crippen molar-refractivity contribution in [1.82, 2.24) is 15.1 Å². The van der Waals surface area contributed by atoms with E-state index in [0.717, 1.165) is 11.1 Å². The van der Waals surface area contributed by atoms with Crippen molar-refractivity contribution in [2.45, 2.75) is 26.3 Å². The number of nitrogens with one attached hydrogen (secondary N) is 1. The molecule has 0 fully saturated rings. The molecule has 1 heterocycles. The van der Waals surface area contributed by atoms with E-state index in [1.165, 1.54) is 6.20 Å². The fourth-order valence-corrected chi connectivity index (χ4v) is 1.18. The third kappa shape index (κ3) is 3.18. The van der Waals surface area contributed by atoms with Gasteiger partial charge in [0, 0.05) is 12.7 Å². The van der Waals surface area contributed by atoms with Gasteiger partial charge in [0.2, 0.25) is 0 Å². The quantitative estimate of drug-likeness (QED) is 0.791. The van der Waals surface area contributed by atoms with Crippen molar-refractivity contribution >= 4 is 11.7 Å². The van der Waals surface area contributed by atoms with Crippen molar-refractivity contribution < 1.29 is 13.6 Å². The average molecular weight is 232 g/mol. The molecule has 0 aliphatic carbocycles. The van der Waals surface area contributed by atoms with E-state index >= 15 is 0 Å². The van der Waals surface area contributed by atoms with Gasteiger partial charge in [-0.25, -0.2) is 8.78 Å². The van der Waals surface area contributed by atoms with Crippen LogP contribution < -0.4 is 11.1 Å². The molecular weight excluding hydrogens is 218 g/mol. The van der Waals surface area contributed by atoms with Gasteiger partial charge in [-0.05, 0) is 6.42 Å². The van der Waals surface area contributed by atoms with Gasteiger partial charge >= 0.3 is 0 Å². The number of hydrogen-bond donors (Lipinski definition) is 2. The van der Waals surface area contributed by atoms with Gasteiger partial charge in [0.25, 0.3) is 12.3 Å². The SMILES string of the molecule is CCCNC(=O)c1cn(CC(F)F)nc1N. The number of carbonyl (C=O) groups is 1. The molecule has 7 heteroatoms. The topological polar surface area (TPSA) is 72.9 Å². The molecule has 3 N–H and O–H groups in total. The molecule has 1 rings (SSSR count). The van der Waals surface area contributed by atoms with Crippen LogP contribution in [-0.2, 0) is 6.54 Å². The van der Waals surface area contributed by atoms with Crippen molar-refractivity contribution in [3.05, 3.63) is 11.8 Å². The maximum atomic E-state index is 12.1. The molecule has 0 bridgehead atoms. The lowest BCUT2D eigenvalue weighted by Gasteiger charge is -2.00. The van der Waals surface area contributed by atoms with Crippen LogP contribution in [0.15, 0.2) is 6.20 Å². The molecule has 1 amide bonds. The van der Waals surface area contributed by atoms with E-state index in [1.807, 2.05) is 6.92 Å². The van der Waals surface area contributed by atoms with Crippen LogP contribution in [0.2, 0.25) is 0 Å². The van der Waals surface area contributed by atoms with E-state index in [2.05, 4.69) is 10.4 Å². The molecule has 5 nitrogen and oxygen atoms in total. The minimum atomic E-state index is -2.52. The van der Waals surface area contributed by atoms with Gasteiger partial charge in [0.15, 0.2) is 5.82 Å². The first kappa shape index (κ1) is 12.4. The molecule has 0 saturated carbocycles. The first-order valence-electron chi connectivity index (χ1n) is 4.93. The van der Waals surface area contributed by atoms with E-state index in [-0.39, 0.29) is 17.3 Å². The van der Waals surface area contributed by atoms with Crippen molar-refractivity contribution in [3.8, 4) is 0 Å². The molecular formula is C9H14F2N4O. The Morgan fingerprint density at radius 3 is 2.94 bits per heavy atom. The Kier molecular flexibility index (Phi) is 4.21. The van der Waals surface area contributed by atoms with Crippen LogP contribution in [0, 0.1) is 0 Å². The highest BCUT2D eigenvalue weighted by Gasteiger charge is 2.15. The molecule has 0 aromatic carbocycles. The third-order valence-electron chi connectivity index (χ3n) is 1.90. The standard InChI is InChI=1S/C9H14F2N4O/c1-2-3-13-9(16)6-4-15(5-7(10)11)14-8(6)12/h4,7H,2-3,5H2,1H3,(H2,12,14)(H,13,16). The summed E-state index contributed by atoms with van der Waals surface area (Å²) in [5, 5.41) is 6.23. The van der Waals surface area contributed by atoms with Crippen molar-refractivity contribution in [2.24, 2.45) is 0 Å². The van der Waals surface area contributed by atoms with E-state index < -0.39 is 13.0 Å². The largest absolute Gasteiger partial charge is 0.382 e. The second-order valence-corrected chi connectivity index (χ2v) is 3.30. The molecule has 0 saturated heterocycles. The van der Waals surface area contributed by atoms with Gasteiger partial charge in [0.1, 0.15) is 12.1 Å². The molecule has 1 aromatic heterocycles. The minimum absolute atomic E-state index is 0.0331. The summed E-state index contributed by atoms with van der Waals surface area (Å²) < 4.78 is 25.1. The highest BCUT2D eigenvalue weighted by atomic mass is 19.3. The first-order chi connectivity index (χ1) is 7.54. The molecule has 0 spiro atoms. The summed E-state index contributed by atoms with van der Waals surface area (Å²) in [6, 6.07) is 0. The summed E-state index contributed by atoms with van der Waals surface area (Å²) in [7, 11) is 0. The molecule has 0 radical (unpaired) electrons. The van der Waals surface area contributed by atoms with E-state index in [0.29, 0.717) is 6.54 Å². The van der Waals surface area contributed by atoms with Crippen LogP contribution in [0.5, 0.6) is 0 Å². The number of carbonyl (C=O) groups excluding carboxylic acids is 1. The lowest BCUT2D eigenvalue weighted by Crippen LogP contribution is -2.24. The summed E-state index contributed by atoms with van der Waals surface area (Å²) in [5.74, 6) is -0.422. The second-order valence-electron chi connectivity index (χ2n) is 3.30. The fraction of sp³-hybridized carbons (Fsp3) is 0.556. The number of rotatable bonds is 5. The van der Waals surface area contributed by atoms with Crippen LogP contribution >= 0.6 is 0 Å². The Balaban J connectivity index is 2.73. The monoisotopic (exact) mass is 232 g/mol. The predicted octanol–water partition coefficient (Wildman–Crippen LogP) is 0.870. The first-order valence-corrected chi connectivity index (χ1v) is 4.93. The Morgan fingerprint density at radius 1 is 1.69 bits per heavy atom. The number of halogens is 2. The van der Waals surface area contributed by atoms with Crippen LogP contribution in [0.25, 0.3) is 0 Å². The predicted molar refractivity (Wildman–Crippen MR) is 55.3 cm³/mol. The molecule has 90 valence electrons. The Labute approximate surface area is 91.6 Å². The summed E-state index contributed by atoms with van der Waals surface area (Å²) >= 11 is 0. The lowest BCUT2D eigenvalue weighted by atomic mass is 10.3. The Morgan fingerprint density at radius 2 is 2.38 bits per heavy atom. The number of nitrogens with zero attached hydrogens (tertiary/aromatic N) is 2. The lowest BCUT2D eigenvalue weighted by molar-refractivity contribution is 0.0953. The molecule has 0 atom stereocenters. The van der Waals surface area contributed by atoms with Crippen molar-refractivity contribution in [1.29, 1.82) is 0 Å². The highest BCUT2D eigenvalue weighted by Crippen LogP contribution is 2.10. The smallest absolute Gasteiger partial charge is 0.257 e. The zero-order chi connectivity index (χ0) is 12.1. The number of hydrogen-bond acceptors (Lipinski definition) is 3. The number of alkyl halides is 2. The fourth-order valence-electron chi connectivity index (χ4n) is 1.18. The number of nitrogens with two attached hydrogens (primary N) is 1. The van der Waals surface area contributed by atoms with Gasteiger partial charge in [0.05, 0.1) is 0 Å². The van der Waals surface area contributed by atoms with Crippen LogP contribution in [0.4, 0.5) is 14.6 Å². The van der Waals surface area contributed by atoms with E-state index in [1.54, 1.807) is 0 Å². The normalized spacial score (nSPS) is 10.8. The summed E-state index contributed by atoms with van der Waals surface area (Å²) in [6.07, 6.45) is -0.505. The summed E-state index contributed by atoms with van der Waals surface area (Å²) in [5.41, 5.74) is 5.59. The zero-order valence-electron chi connectivity index (χ0n) is 8.91. The van der Waals surface area contributed by atoms with Gasteiger partial charge in [-0.2, -0.15) is 5.10 Å². The van der Waals surface area contributed by atoms with Gasteiger partial charge in [-0.15, -0.1) is 0 Å². The van der Waals surface area contributed by atoms with Gasteiger partial charge < -0.3 is 11.1 Å². The number of amides is 1. The number of aromatic nitrogens is 2. The third-order valence-corrected chi connectivity index (χ3v) is 1.90. The van der Waals surface area contributed by atoms with Crippen molar-refractivity contribution in [3.63, 3.8) is 0 Å². The van der Waals surface area contributed by atoms with E-state index in [4.69, 9.17) is 5.73 Å². The number of nitrogen functional groups attached to an aromatic ring is 1. The molecule has 16 heavy (non-hydrogen) atoms. The van der Waals surface area contributed by atoms with Crippen LogP contribution in [0.1, 0.15) is 23.7 Å². The zero-order valence-corrected chi connectivity index (χ0v) is 8.91. The molecule has 0 unspecified atom stereocenters.